The molecule has 1 atom stereocenters. The van der Waals surface area contributed by atoms with Gasteiger partial charge in [0.15, 0.2) is 0 Å². The van der Waals surface area contributed by atoms with Gasteiger partial charge in [-0.1, -0.05) is 41.4 Å². The van der Waals surface area contributed by atoms with Gasteiger partial charge < -0.3 is 0 Å². The molecule has 1 aromatic carbocycles. The van der Waals surface area contributed by atoms with Crippen molar-refractivity contribution in [3.63, 3.8) is 0 Å². The van der Waals surface area contributed by atoms with Crippen LogP contribution in [0, 0.1) is 0 Å². The van der Waals surface area contributed by atoms with E-state index in [-0.39, 0.29) is 0 Å². The van der Waals surface area contributed by atoms with E-state index in [4.69, 9.17) is 23.2 Å². The van der Waals surface area contributed by atoms with E-state index >= 15 is 0 Å². The van der Waals surface area contributed by atoms with Gasteiger partial charge in [-0.15, -0.1) is 0 Å². The zero-order valence-corrected chi connectivity index (χ0v) is 16.7. The van der Waals surface area contributed by atoms with Gasteiger partial charge in [-0.25, -0.2) is 0 Å². The summed E-state index contributed by atoms with van der Waals surface area (Å²) in [5.41, 5.74) is 5.37. The van der Waals surface area contributed by atoms with Crippen LogP contribution in [0.1, 0.15) is 35.8 Å². The van der Waals surface area contributed by atoms with Crippen molar-refractivity contribution in [1.82, 2.24) is 14.9 Å². The molecule has 0 fully saturated rings. The third-order valence-corrected chi connectivity index (χ3v) is 5.81. The molecule has 4 rings (SSSR count). The second-order valence-corrected chi connectivity index (χ2v) is 7.82. The number of benzene rings is 1. The van der Waals surface area contributed by atoms with E-state index in [1.807, 2.05) is 48.8 Å². The molecule has 138 valence electrons. The lowest BCUT2D eigenvalue weighted by Crippen LogP contribution is -2.28. The normalized spacial score (nSPS) is 16.4. The fraction of sp³-hybridized carbons (Fsp3) is 0.273. The van der Waals surface area contributed by atoms with Gasteiger partial charge in [0.05, 0.1) is 17.4 Å². The summed E-state index contributed by atoms with van der Waals surface area (Å²) in [5, 5.41) is 1.28. The Labute approximate surface area is 170 Å². The van der Waals surface area contributed by atoms with Crippen LogP contribution in [0.3, 0.4) is 0 Å². The highest BCUT2D eigenvalue weighted by Crippen LogP contribution is 2.35. The van der Waals surface area contributed by atoms with Crippen molar-refractivity contribution < 1.29 is 0 Å². The molecule has 5 heteroatoms. The fourth-order valence-corrected chi connectivity index (χ4v) is 4.43. The van der Waals surface area contributed by atoms with Crippen LogP contribution in [0.15, 0.2) is 54.9 Å². The minimum absolute atomic E-state index is 0.342. The lowest BCUT2D eigenvalue weighted by atomic mass is 9.91. The van der Waals surface area contributed by atoms with Gasteiger partial charge in [0.1, 0.15) is 0 Å². The van der Waals surface area contributed by atoms with Crippen LogP contribution >= 0.6 is 23.2 Å². The molecular formula is C22H21Cl2N3. The predicted octanol–water partition coefficient (Wildman–Crippen LogP) is 5.96. The first-order valence-electron chi connectivity index (χ1n) is 9.17. The molecule has 1 aliphatic carbocycles. The number of aromatic nitrogens is 2. The van der Waals surface area contributed by atoms with Crippen LogP contribution in [0.2, 0.25) is 10.0 Å². The van der Waals surface area contributed by atoms with E-state index in [1.165, 1.54) is 17.7 Å². The van der Waals surface area contributed by atoms with Crippen molar-refractivity contribution in [1.29, 1.82) is 0 Å². The lowest BCUT2D eigenvalue weighted by molar-refractivity contribution is 0.206. The molecule has 0 aliphatic heterocycles. The van der Waals surface area contributed by atoms with Crippen LogP contribution in [0.4, 0.5) is 0 Å². The molecule has 0 N–H and O–H groups in total. The van der Waals surface area contributed by atoms with Crippen LogP contribution in [-0.2, 0) is 13.0 Å². The molecule has 1 aliphatic rings. The molecular weight excluding hydrogens is 377 g/mol. The average Bonchev–Trinajstić information content (AvgIpc) is 2.68. The van der Waals surface area contributed by atoms with Gasteiger partial charge in [-0.05, 0) is 56.1 Å². The number of rotatable bonds is 4. The summed E-state index contributed by atoms with van der Waals surface area (Å²) >= 11 is 12.6. The Hall–Kier alpha value is -1.94. The van der Waals surface area contributed by atoms with Gasteiger partial charge >= 0.3 is 0 Å². The number of nitrogens with zero attached hydrogens (tertiary/aromatic N) is 3. The van der Waals surface area contributed by atoms with Crippen molar-refractivity contribution in [2.24, 2.45) is 0 Å². The third-order valence-electron chi connectivity index (χ3n) is 5.19. The van der Waals surface area contributed by atoms with E-state index in [1.54, 1.807) is 0 Å². The summed E-state index contributed by atoms with van der Waals surface area (Å²) in [6.45, 7) is 0.775. The number of hydrogen-bond donors (Lipinski definition) is 0. The van der Waals surface area contributed by atoms with Crippen molar-refractivity contribution >= 4 is 23.2 Å². The topological polar surface area (TPSA) is 29.0 Å². The Balaban J connectivity index is 1.53. The van der Waals surface area contributed by atoms with E-state index in [0.717, 1.165) is 36.2 Å². The summed E-state index contributed by atoms with van der Waals surface area (Å²) < 4.78 is 0. The van der Waals surface area contributed by atoms with Gasteiger partial charge in [0, 0.05) is 40.1 Å². The number of aryl methyl sites for hydroxylation is 1. The summed E-state index contributed by atoms with van der Waals surface area (Å²) in [6, 6.07) is 14.2. The number of hydrogen-bond acceptors (Lipinski definition) is 3. The fourth-order valence-electron chi connectivity index (χ4n) is 3.82. The Kier molecular flexibility index (Phi) is 5.44. The number of pyridine rings is 2. The number of halogens is 2. The second kappa shape index (κ2) is 7.97. The molecule has 0 saturated carbocycles. The van der Waals surface area contributed by atoms with Crippen molar-refractivity contribution in [3.8, 4) is 11.1 Å². The quantitative estimate of drug-likeness (QED) is 0.543. The summed E-state index contributed by atoms with van der Waals surface area (Å²) in [6.07, 6.45) is 7.20. The number of fused-ring (bicyclic) bond motifs is 1. The minimum Gasteiger partial charge on any atom is -0.292 e. The van der Waals surface area contributed by atoms with Crippen LogP contribution in [0.25, 0.3) is 11.1 Å². The molecule has 0 spiro atoms. The maximum Gasteiger partial charge on any atom is 0.0607 e. The van der Waals surface area contributed by atoms with Crippen LogP contribution in [-0.4, -0.2) is 21.9 Å². The lowest BCUT2D eigenvalue weighted by Gasteiger charge is -2.32. The maximum atomic E-state index is 6.31. The monoisotopic (exact) mass is 397 g/mol. The smallest absolute Gasteiger partial charge is 0.0607 e. The maximum absolute atomic E-state index is 6.31. The highest BCUT2D eigenvalue weighted by atomic mass is 35.5. The molecule has 0 saturated heterocycles. The Morgan fingerprint density at radius 3 is 2.59 bits per heavy atom. The van der Waals surface area contributed by atoms with Crippen LogP contribution < -0.4 is 0 Å². The molecule has 3 nitrogen and oxygen atoms in total. The average molecular weight is 398 g/mol. The SMILES string of the molecule is CN(Cc1ccc(-c2c(Cl)cccc2Cl)cn1)C1CCCc2cccnc21. The van der Waals surface area contributed by atoms with Crippen molar-refractivity contribution in [2.45, 2.75) is 31.8 Å². The largest absolute Gasteiger partial charge is 0.292 e. The first-order chi connectivity index (χ1) is 13.1. The zero-order valence-electron chi connectivity index (χ0n) is 15.2. The predicted molar refractivity (Wildman–Crippen MR) is 111 cm³/mol. The Bertz CT molecular complexity index is 920. The van der Waals surface area contributed by atoms with E-state index < -0.39 is 0 Å². The van der Waals surface area contributed by atoms with Crippen molar-refractivity contribution in [2.75, 3.05) is 7.05 Å². The van der Waals surface area contributed by atoms with E-state index in [9.17, 15) is 0 Å². The highest BCUT2D eigenvalue weighted by Gasteiger charge is 2.25. The molecule has 27 heavy (non-hydrogen) atoms. The molecule has 0 bridgehead atoms. The molecule has 3 aromatic rings. The van der Waals surface area contributed by atoms with E-state index in [2.05, 4.69) is 28.0 Å². The zero-order chi connectivity index (χ0) is 18.8. The summed E-state index contributed by atoms with van der Waals surface area (Å²) in [5.74, 6) is 0. The molecule has 2 aromatic heterocycles. The first kappa shape index (κ1) is 18.4. The first-order valence-corrected chi connectivity index (χ1v) is 9.92. The van der Waals surface area contributed by atoms with Crippen molar-refractivity contribution in [3.05, 3.63) is 81.9 Å². The second-order valence-electron chi connectivity index (χ2n) is 7.01. The van der Waals surface area contributed by atoms with Gasteiger partial charge in [-0.2, -0.15) is 0 Å². The third kappa shape index (κ3) is 3.86. The molecule has 2 heterocycles. The molecule has 0 amide bonds. The standard InChI is InChI=1S/C22H21Cl2N3/c1-27(20-9-2-5-15-6-4-12-25-22(15)20)14-17-11-10-16(13-26-17)21-18(23)7-3-8-19(21)24/h3-4,6-8,10-13,20H,2,5,9,14H2,1H3. The molecule has 0 radical (unpaired) electrons. The van der Waals surface area contributed by atoms with Gasteiger partial charge in [-0.3, -0.25) is 14.9 Å². The summed E-state index contributed by atoms with van der Waals surface area (Å²) in [7, 11) is 2.15. The Morgan fingerprint density at radius 1 is 1.04 bits per heavy atom. The highest BCUT2D eigenvalue weighted by molar-refractivity contribution is 6.39. The Morgan fingerprint density at radius 2 is 1.85 bits per heavy atom. The van der Waals surface area contributed by atoms with Gasteiger partial charge in [0.25, 0.3) is 0 Å². The molecule has 1 unspecified atom stereocenters. The van der Waals surface area contributed by atoms with E-state index in [0.29, 0.717) is 16.1 Å². The summed E-state index contributed by atoms with van der Waals surface area (Å²) in [4.78, 5) is 11.6. The van der Waals surface area contributed by atoms with Crippen LogP contribution in [0.5, 0.6) is 0 Å². The minimum atomic E-state index is 0.342. The van der Waals surface area contributed by atoms with Gasteiger partial charge in [0.2, 0.25) is 0 Å².